The maximum Gasteiger partial charge on any atom is 0.338 e. The van der Waals surface area contributed by atoms with Crippen LogP contribution in [0.5, 0.6) is 0 Å². The third kappa shape index (κ3) is 6.91. The van der Waals surface area contributed by atoms with Crippen LogP contribution >= 0.6 is 0 Å². The van der Waals surface area contributed by atoms with Gasteiger partial charge in [-0.3, -0.25) is 14.8 Å². The normalized spacial score (nSPS) is 18.2. The van der Waals surface area contributed by atoms with Crippen LogP contribution in [0.1, 0.15) is 37.3 Å². The van der Waals surface area contributed by atoms with Crippen LogP contribution < -0.4 is 11.0 Å². The monoisotopic (exact) mass is 683 g/mol. The largest absolute Gasteiger partial charge is 0.459 e. The van der Waals surface area contributed by atoms with E-state index >= 15 is 0 Å². The first kappa shape index (κ1) is 32.8. The summed E-state index contributed by atoms with van der Waals surface area (Å²) in [5.41, 5.74) is 0.534. The SMILES string of the molecule is N=c1ncn([C@@H]2O[C@H](COC(=O)c3ccccc3)[C@@H](OC(=O)c3ccccc3)[C@H]2OC(=O)c2ccccc2)c2[nH]c(=O)c(-c3ccccc3)nc12. The van der Waals surface area contributed by atoms with Crippen LogP contribution in [0.15, 0.2) is 132 Å². The molecule has 0 unspecified atom stereocenters. The van der Waals surface area contributed by atoms with E-state index in [0.717, 1.165) is 0 Å². The molecular weight excluding hydrogens is 654 g/mol. The third-order valence-electron chi connectivity index (χ3n) is 8.19. The van der Waals surface area contributed by atoms with Crippen molar-refractivity contribution < 1.29 is 33.3 Å². The van der Waals surface area contributed by atoms with Gasteiger partial charge in [-0.2, -0.15) is 0 Å². The van der Waals surface area contributed by atoms with Crippen molar-refractivity contribution in [1.29, 1.82) is 5.41 Å². The summed E-state index contributed by atoms with van der Waals surface area (Å²) < 4.78 is 25.4. The Morgan fingerprint density at radius 1 is 0.725 bits per heavy atom. The molecule has 0 amide bonds. The molecule has 2 N–H and O–H groups in total. The van der Waals surface area contributed by atoms with Crippen molar-refractivity contribution in [3.8, 4) is 11.3 Å². The molecule has 1 aliphatic heterocycles. The van der Waals surface area contributed by atoms with Gasteiger partial charge in [-0.1, -0.05) is 84.9 Å². The van der Waals surface area contributed by atoms with Gasteiger partial charge in [-0.05, 0) is 36.4 Å². The number of fused-ring (bicyclic) bond motifs is 1. The number of nitrogens with one attached hydrogen (secondary N) is 2. The molecule has 3 heterocycles. The minimum absolute atomic E-state index is 0.0180. The number of ether oxygens (including phenoxy) is 4. The first-order valence-electron chi connectivity index (χ1n) is 15.9. The number of rotatable bonds is 9. The van der Waals surface area contributed by atoms with Crippen LogP contribution in [-0.2, 0) is 18.9 Å². The summed E-state index contributed by atoms with van der Waals surface area (Å²) in [5, 5.41) is 8.54. The number of benzene rings is 4. The van der Waals surface area contributed by atoms with Crippen molar-refractivity contribution in [2.75, 3.05) is 6.61 Å². The zero-order valence-corrected chi connectivity index (χ0v) is 26.7. The van der Waals surface area contributed by atoms with Crippen molar-refractivity contribution in [2.45, 2.75) is 24.5 Å². The van der Waals surface area contributed by atoms with Gasteiger partial charge in [0.15, 0.2) is 23.9 Å². The molecule has 2 aromatic heterocycles. The molecule has 0 spiro atoms. The number of esters is 3. The zero-order chi connectivity index (χ0) is 35.3. The second-order valence-electron chi connectivity index (χ2n) is 11.5. The van der Waals surface area contributed by atoms with E-state index in [2.05, 4.69) is 15.0 Å². The molecule has 1 saturated heterocycles. The van der Waals surface area contributed by atoms with Crippen molar-refractivity contribution >= 4 is 29.1 Å². The average Bonchev–Trinajstić information content (AvgIpc) is 3.50. The Kier molecular flexibility index (Phi) is 9.26. The fourth-order valence-corrected chi connectivity index (χ4v) is 5.70. The van der Waals surface area contributed by atoms with E-state index in [9.17, 15) is 19.2 Å². The van der Waals surface area contributed by atoms with Crippen LogP contribution in [0.2, 0.25) is 0 Å². The molecular formula is C38H29N5O8. The molecule has 0 saturated carbocycles. The Bertz CT molecular complexity index is 2320. The highest BCUT2D eigenvalue weighted by Crippen LogP contribution is 2.36. The quantitative estimate of drug-likeness (QED) is 0.163. The van der Waals surface area contributed by atoms with Crippen LogP contribution in [0.4, 0.5) is 0 Å². The number of aromatic nitrogens is 4. The van der Waals surface area contributed by atoms with Gasteiger partial charge >= 0.3 is 17.9 Å². The van der Waals surface area contributed by atoms with Crippen LogP contribution in [-0.4, -0.2) is 62.3 Å². The number of carbonyl (C=O) groups is 3. The molecule has 0 bridgehead atoms. The predicted octanol–water partition coefficient (Wildman–Crippen LogP) is 4.47. The van der Waals surface area contributed by atoms with Crippen molar-refractivity contribution in [3.63, 3.8) is 0 Å². The van der Waals surface area contributed by atoms with Gasteiger partial charge in [0, 0.05) is 5.56 Å². The van der Waals surface area contributed by atoms with E-state index < -0.39 is 54.6 Å². The lowest BCUT2D eigenvalue weighted by molar-refractivity contribution is -0.0610. The minimum Gasteiger partial charge on any atom is -0.459 e. The average molecular weight is 684 g/mol. The lowest BCUT2D eigenvalue weighted by Crippen LogP contribution is -2.41. The second-order valence-corrected chi connectivity index (χ2v) is 11.5. The molecule has 254 valence electrons. The van der Waals surface area contributed by atoms with E-state index in [4.69, 9.17) is 24.4 Å². The van der Waals surface area contributed by atoms with Gasteiger partial charge in [0.25, 0.3) is 5.56 Å². The van der Waals surface area contributed by atoms with E-state index in [1.807, 2.05) is 0 Å². The molecule has 6 aromatic rings. The molecule has 0 aliphatic carbocycles. The fourth-order valence-electron chi connectivity index (χ4n) is 5.70. The first-order valence-corrected chi connectivity index (χ1v) is 15.9. The Morgan fingerprint density at radius 3 is 1.80 bits per heavy atom. The van der Waals surface area contributed by atoms with E-state index in [1.165, 1.54) is 10.9 Å². The molecule has 1 fully saturated rings. The van der Waals surface area contributed by atoms with Gasteiger partial charge in [0.1, 0.15) is 35.9 Å². The van der Waals surface area contributed by atoms with E-state index in [-0.39, 0.29) is 39.0 Å². The second kappa shape index (κ2) is 14.4. The van der Waals surface area contributed by atoms with E-state index in [1.54, 1.807) is 121 Å². The van der Waals surface area contributed by atoms with E-state index in [0.29, 0.717) is 5.56 Å². The zero-order valence-electron chi connectivity index (χ0n) is 26.7. The van der Waals surface area contributed by atoms with Gasteiger partial charge in [0.2, 0.25) is 0 Å². The molecule has 13 heteroatoms. The molecule has 51 heavy (non-hydrogen) atoms. The Morgan fingerprint density at radius 2 is 1.24 bits per heavy atom. The fraction of sp³-hybridized carbons (Fsp3) is 0.132. The molecule has 7 rings (SSSR count). The number of hydrogen-bond donors (Lipinski definition) is 2. The smallest absolute Gasteiger partial charge is 0.338 e. The number of H-pyrrole nitrogens is 1. The van der Waals surface area contributed by atoms with Gasteiger partial charge in [0.05, 0.1) is 16.7 Å². The number of nitrogens with zero attached hydrogens (tertiary/aromatic N) is 3. The number of carbonyl (C=O) groups excluding carboxylic acids is 3. The molecule has 1 aliphatic rings. The Hall–Kier alpha value is -6.73. The molecule has 0 radical (unpaired) electrons. The maximum absolute atomic E-state index is 13.6. The summed E-state index contributed by atoms with van der Waals surface area (Å²) in [6.07, 6.45) is -3.98. The molecule has 4 aromatic carbocycles. The highest BCUT2D eigenvalue weighted by molar-refractivity contribution is 5.91. The first-order chi connectivity index (χ1) is 24.9. The van der Waals surface area contributed by atoms with Crippen LogP contribution in [0.3, 0.4) is 0 Å². The summed E-state index contributed by atoms with van der Waals surface area (Å²) in [4.78, 5) is 65.0. The Labute approximate surface area is 289 Å². The summed E-state index contributed by atoms with van der Waals surface area (Å²) in [5.74, 6) is -2.17. The predicted molar refractivity (Wildman–Crippen MR) is 181 cm³/mol. The summed E-state index contributed by atoms with van der Waals surface area (Å²) in [6, 6.07) is 33.4. The standard InChI is InChI=1S/C38H29N5O8/c39-32-29-33(42-34(44)28(41-29)23-13-5-1-6-14-23)43(22-40-32)35-31(51-38(47)26-19-11-4-12-20-26)30(50-37(46)25-17-9-3-10-18-25)27(49-35)21-48-36(45)24-15-7-2-8-16-24/h1-20,22,27,30-31,35,39H,21H2,(H,42,44)/t27-,30-,31-,35-/m1/s1. The lowest BCUT2D eigenvalue weighted by atomic mass is 10.1. The third-order valence-corrected chi connectivity index (χ3v) is 8.19. The minimum atomic E-state index is -1.38. The molecule has 13 nitrogen and oxygen atoms in total. The number of hydrogen-bond acceptors (Lipinski definition) is 11. The molecule has 4 atom stereocenters. The summed E-state index contributed by atoms with van der Waals surface area (Å²) in [7, 11) is 0. The summed E-state index contributed by atoms with van der Waals surface area (Å²) in [6.45, 7) is -0.411. The van der Waals surface area contributed by atoms with Crippen molar-refractivity contribution in [2.24, 2.45) is 0 Å². The summed E-state index contributed by atoms with van der Waals surface area (Å²) >= 11 is 0. The highest BCUT2D eigenvalue weighted by Gasteiger charge is 2.51. The Balaban J connectivity index is 1.32. The lowest BCUT2D eigenvalue weighted by Gasteiger charge is -2.25. The van der Waals surface area contributed by atoms with Crippen LogP contribution in [0, 0.1) is 5.41 Å². The number of aromatic amines is 1. The van der Waals surface area contributed by atoms with Crippen molar-refractivity contribution in [3.05, 3.63) is 160 Å². The van der Waals surface area contributed by atoms with Gasteiger partial charge < -0.3 is 23.9 Å². The van der Waals surface area contributed by atoms with Gasteiger partial charge in [-0.25, -0.2) is 24.4 Å². The topological polar surface area (TPSA) is 176 Å². The van der Waals surface area contributed by atoms with Gasteiger partial charge in [-0.15, -0.1) is 0 Å². The highest BCUT2D eigenvalue weighted by atomic mass is 16.7. The maximum atomic E-state index is 13.6. The van der Waals surface area contributed by atoms with Crippen LogP contribution in [0.25, 0.3) is 22.4 Å². The van der Waals surface area contributed by atoms with Crippen molar-refractivity contribution in [1.82, 2.24) is 19.5 Å².